The quantitative estimate of drug-likeness (QED) is 0.471. The van der Waals surface area contributed by atoms with E-state index in [4.69, 9.17) is 28.5 Å². The van der Waals surface area contributed by atoms with Crippen LogP contribution in [0.2, 0.25) is 0 Å². The standard InChI is InChI=1S/C7H14NO2.C7H10NO2.2ClH.Pd/c2*1-2-10-7-5-3-4-6-8(7)9;;;/h7H,2-6H2,1H3;3-5H,2,6H2,1H3;2*1H;/q2*+1;;;+2/p-2. The van der Waals surface area contributed by atoms with Crippen LogP contribution in [-0.2, 0) is 25.4 Å². The number of ether oxygens (including phenoxy) is 2. The molecule has 0 saturated carbocycles. The van der Waals surface area contributed by atoms with Crippen LogP contribution in [-0.4, -0.2) is 42.1 Å². The molecule has 0 aromatic heterocycles. The van der Waals surface area contributed by atoms with Gasteiger partial charge in [-0.25, -0.2) is 0 Å². The van der Waals surface area contributed by atoms with Gasteiger partial charge in [-0.1, -0.05) is 0 Å². The van der Waals surface area contributed by atoms with E-state index in [2.05, 4.69) is 0 Å². The first-order valence-corrected chi connectivity index (χ1v) is 11.4. The van der Waals surface area contributed by atoms with Crippen molar-refractivity contribution in [3.8, 4) is 0 Å². The van der Waals surface area contributed by atoms with Gasteiger partial charge in [0.1, 0.15) is 0 Å². The van der Waals surface area contributed by atoms with Crippen molar-refractivity contribution in [3.05, 3.63) is 33.9 Å². The minimum atomic E-state index is -0.154. The van der Waals surface area contributed by atoms with Gasteiger partial charge in [0.05, 0.1) is 24.0 Å². The number of allylic oxidation sites excluding steroid dienone is 2. The van der Waals surface area contributed by atoms with Gasteiger partial charge in [0.2, 0.25) is 6.54 Å². The second kappa shape index (κ2) is 15.2. The van der Waals surface area contributed by atoms with Crippen LogP contribution in [0.25, 0.3) is 0 Å². The number of hydrogen-bond acceptors (Lipinski definition) is 4. The molecule has 0 aromatic rings. The molecule has 6 nitrogen and oxygen atoms in total. The molecule has 0 aliphatic carbocycles. The summed E-state index contributed by atoms with van der Waals surface area (Å²) < 4.78 is 12.1. The number of nitrogens with zero attached hydrogens (tertiary/aromatic N) is 2. The molecule has 136 valence electrons. The van der Waals surface area contributed by atoms with Gasteiger partial charge >= 0.3 is 47.1 Å². The van der Waals surface area contributed by atoms with Crippen LogP contribution in [0.3, 0.4) is 0 Å². The zero-order chi connectivity index (χ0) is 17.5. The third-order valence-electron chi connectivity index (χ3n) is 2.94. The maximum absolute atomic E-state index is 11.0. The van der Waals surface area contributed by atoms with E-state index in [0.29, 0.717) is 32.2 Å². The minimum absolute atomic E-state index is 0.106. The Morgan fingerprint density at radius 1 is 1.26 bits per heavy atom. The van der Waals surface area contributed by atoms with Crippen LogP contribution in [0.1, 0.15) is 33.1 Å². The first-order chi connectivity index (χ1) is 11.1. The second-order valence-electron chi connectivity index (χ2n) is 4.52. The zero-order valence-corrected chi connectivity index (χ0v) is 16.4. The van der Waals surface area contributed by atoms with Gasteiger partial charge in [0.15, 0.2) is 6.54 Å². The Labute approximate surface area is 153 Å². The van der Waals surface area contributed by atoms with Crippen molar-refractivity contribution < 1.29 is 34.9 Å². The van der Waals surface area contributed by atoms with Gasteiger partial charge in [0.25, 0.3) is 0 Å². The number of hydrogen-bond donors (Lipinski definition) is 0. The molecule has 0 bridgehead atoms. The van der Waals surface area contributed by atoms with Crippen LogP contribution >= 0.6 is 19.1 Å². The summed E-state index contributed by atoms with van der Waals surface area (Å²) >= 11 is -0.106. The molecular weight excluding hydrogens is 437 g/mol. The summed E-state index contributed by atoms with van der Waals surface area (Å²) in [6, 6.07) is 0. The molecule has 0 N–H and O–H groups in total. The fraction of sp³-hybridized carbons (Fsp3) is 0.714. The fourth-order valence-corrected chi connectivity index (χ4v) is 1.98. The average Bonchev–Trinajstić information content (AvgIpc) is 2.54. The summed E-state index contributed by atoms with van der Waals surface area (Å²) in [4.78, 5) is 21.8. The van der Waals surface area contributed by atoms with E-state index in [1.165, 1.54) is 0 Å². The summed E-state index contributed by atoms with van der Waals surface area (Å²) in [5, 5.41) is 0. The van der Waals surface area contributed by atoms with Gasteiger partial charge in [0, 0.05) is 27.4 Å². The van der Waals surface area contributed by atoms with E-state index in [9.17, 15) is 9.81 Å². The van der Waals surface area contributed by atoms with Crippen LogP contribution in [0.15, 0.2) is 24.1 Å². The van der Waals surface area contributed by atoms with Crippen LogP contribution < -0.4 is 0 Å². The van der Waals surface area contributed by atoms with Crippen LogP contribution in [0.4, 0.5) is 0 Å². The third-order valence-corrected chi connectivity index (χ3v) is 2.94. The molecule has 0 aromatic carbocycles. The first-order valence-electron chi connectivity index (χ1n) is 7.42. The molecule has 23 heavy (non-hydrogen) atoms. The summed E-state index contributed by atoms with van der Waals surface area (Å²) in [7, 11) is 9.63. The Morgan fingerprint density at radius 2 is 1.96 bits per heavy atom. The molecule has 2 heterocycles. The molecule has 9 heteroatoms. The molecule has 2 rings (SSSR count). The average molecular weight is 462 g/mol. The van der Waals surface area contributed by atoms with E-state index >= 15 is 0 Å². The molecule has 1 atom stereocenters. The van der Waals surface area contributed by atoms with Crippen molar-refractivity contribution >= 4 is 19.1 Å². The predicted octanol–water partition coefficient (Wildman–Crippen LogP) is 3.90. The predicted molar refractivity (Wildman–Crippen MR) is 86.8 cm³/mol. The fourth-order valence-electron chi connectivity index (χ4n) is 1.98. The second-order valence-corrected chi connectivity index (χ2v) is 6.88. The van der Waals surface area contributed by atoms with Gasteiger partial charge in [-0.2, -0.15) is 0 Å². The number of piperidine rings is 1. The third kappa shape index (κ3) is 11.0. The van der Waals surface area contributed by atoms with E-state index in [1.54, 1.807) is 12.2 Å². The van der Waals surface area contributed by atoms with Gasteiger partial charge in [-0.3, -0.25) is 0 Å². The van der Waals surface area contributed by atoms with Crippen LogP contribution in [0.5, 0.6) is 0 Å². The summed E-state index contributed by atoms with van der Waals surface area (Å²) in [6.07, 6.45) is 8.17. The van der Waals surface area contributed by atoms with Crippen molar-refractivity contribution in [3.63, 3.8) is 0 Å². The topological polar surface area (TPSA) is 58.6 Å². The van der Waals surface area contributed by atoms with E-state index < -0.39 is 0 Å². The molecule has 1 saturated heterocycles. The normalized spacial score (nSPS) is 20.0. The Bertz CT molecular complexity index is 418. The van der Waals surface area contributed by atoms with E-state index in [0.717, 1.165) is 28.8 Å². The molecule has 2 aliphatic rings. The molecule has 2 aliphatic heterocycles. The monoisotopic (exact) mass is 460 g/mol. The van der Waals surface area contributed by atoms with Crippen molar-refractivity contribution in [1.82, 2.24) is 0 Å². The Hall–Kier alpha value is -0.318. The summed E-state index contributed by atoms with van der Waals surface area (Å²) in [6.45, 7) is 5.99. The molecule has 1 unspecified atom stereocenters. The Morgan fingerprint density at radius 3 is 2.48 bits per heavy atom. The van der Waals surface area contributed by atoms with Gasteiger partial charge in [-0.05, 0) is 32.4 Å². The van der Waals surface area contributed by atoms with Crippen molar-refractivity contribution in [2.45, 2.75) is 39.3 Å². The van der Waals surface area contributed by atoms with Crippen molar-refractivity contribution in [1.29, 1.82) is 0 Å². The van der Waals surface area contributed by atoms with Crippen molar-refractivity contribution in [2.75, 3.05) is 26.3 Å². The summed E-state index contributed by atoms with van der Waals surface area (Å²) in [5.41, 5.74) is 0. The van der Waals surface area contributed by atoms with E-state index in [1.807, 2.05) is 19.9 Å². The first kappa shape index (κ1) is 22.7. The molecule has 1 fully saturated rings. The molecule has 0 spiro atoms. The number of halogens is 2. The molecule has 0 radical (unpaired) electrons. The number of nitroso groups, excluding NO2 is 2. The van der Waals surface area contributed by atoms with Gasteiger partial charge < -0.3 is 9.47 Å². The summed E-state index contributed by atoms with van der Waals surface area (Å²) in [5.74, 6) is 0.407. The molecular formula is C14H24Cl2N2O4Pd+2. The van der Waals surface area contributed by atoms with Crippen LogP contribution in [0, 0.1) is 9.81 Å². The molecule has 0 amide bonds. The van der Waals surface area contributed by atoms with Crippen molar-refractivity contribution in [2.24, 2.45) is 0 Å². The number of rotatable bonds is 4. The Balaban J connectivity index is 0.000000360. The van der Waals surface area contributed by atoms with Gasteiger partial charge in [-0.15, -0.1) is 0 Å². The zero-order valence-electron chi connectivity index (χ0n) is 13.4. The Kier molecular flexibility index (Phi) is 15.0. The van der Waals surface area contributed by atoms with E-state index in [-0.39, 0.29) is 22.2 Å². The SMILES string of the molecule is CCOC1=CC=CC[N+]1=O.CCOC1CCCC[N+]1=O.[Cl][Pd][Cl]. The maximum atomic E-state index is 11.0.